The lowest BCUT2D eigenvalue weighted by atomic mass is 10.2. The summed E-state index contributed by atoms with van der Waals surface area (Å²) in [6.45, 7) is 6.21. The number of ether oxygens (including phenoxy) is 1. The highest BCUT2D eigenvalue weighted by molar-refractivity contribution is 6.05. The van der Waals surface area contributed by atoms with Gasteiger partial charge in [0, 0.05) is 41.6 Å². The molecular weight excluding hydrogens is 354 g/mol. The van der Waals surface area contributed by atoms with Gasteiger partial charge in [0.1, 0.15) is 6.54 Å². The molecule has 0 bridgehead atoms. The average molecular weight is 379 g/mol. The predicted octanol–water partition coefficient (Wildman–Crippen LogP) is 3.91. The van der Waals surface area contributed by atoms with E-state index in [1.54, 1.807) is 10.8 Å². The molecule has 2 aromatic carbocycles. The molecular formula is C22H25N3O3. The molecule has 0 saturated heterocycles. The summed E-state index contributed by atoms with van der Waals surface area (Å²) in [5.41, 5.74) is 3.14. The Labute approximate surface area is 164 Å². The summed E-state index contributed by atoms with van der Waals surface area (Å²) in [6.07, 6.45) is 1.67. The molecule has 0 aliphatic heterocycles. The fourth-order valence-corrected chi connectivity index (χ4v) is 3.35. The SMILES string of the molecule is CCN(CC)c1ccc(NC(=O)Cn2cc(C(=O)OC)c3ccccc32)cc1. The van der Waals surface area contributed by atoms with E-state index in [-0.39, 0.29) is 12.5 Å². The molecule has 1 aromatic heterocycles. The number of rotatable bonds is 7. The number of nitrogens with one attached hydrogen (secondary N) is 1. The Hall–Kier alpha value is -3.28. The minimum atomic E-state index is -0.414. The molecule has 0 atom stereocenters. The topological polar surface area (TPSA) is 63.6 Å². The highest BCUT2D eigenvalue weighted by Crippen LogP contribution is 2.22. The second-order valence-electron chi connectivity index (χ2n) is 6.45. The number of carbonyl (C=O) groups is 2. The summed E-state index contributed by atoms with van der Waals surface area (Å²) in [7, 11) is 1.35. The number of anilines is 2. The Morgan fingerprint density at radius 1 is 1.04 bits per heavy atom. The molecule has 0 spiro atoms. The molecule has 1 heterocycles. The van der Waals surface area contributed by atoms with Gasteiger partial charge in [0.05, 0.1) is 12.7 Å². The van der Waals surface area contributed by atoms with Gasteiger partial charge < -0.3 is 19.5 Å². The molecule has 0 aliphatic rings. The zero-order chi connectivity index (χ0) is 20.1. The van der Waals surface area contributed by atoms with Crippen molar-refractivity contribution < 1.29 is 14.3 Å². The van der Waals surface area contributed by atoms with E-state index in [1.807, 2.05) is 48.5 Å². The number of methoxy groups -OCH3 is 1. The van der Waals surface area contributed by atoms with Crippen LogP contribution >= 0.6 is 0 Å². The van der Waals surface area contributed by atoms with Gasteiger partial charge in [-0.25, -0.2) is 4.79 Å². The lowest BCUT2D eigenvalue weighted by molar-refractivity contribution is -0.116. The van der Waals surface area contributed by atoms with E-state index in [0.29, 0.717) is 5.56 Å². The number of carbonyl (C=O) groups excluding carboxylic acids is 2. The van der Waals surface area contributed by atoms with Gasteiger partial charge in [-0.05, 0) is 44.2 Å². The molecule has 146 valence electrons. The third-order valence-electron chi connectivity index (χ3n) is 4.79. The second kappa shape index (κ2) is 8.61. The monoisotopic (exact) mass is 379 g/mol. The van der Waals surface area contributed by atoms with E-state index in [0.717, 1.165) is 35.4 Å². The molecule has 1 amide bonds. The first kappa shape index (κ1) is 19.5. The maximum Gasteiger partial charge on any atom is 0.340 e. The summed E-state index contributed by atoms with van der Waals surface area (Å²) >= 11 is 0. The molecule has 28 heavy (non-hydrogen) atoms. The van der Waals surface area contributed by atoms with Crippen molar-refractivity contribution in [2.24, 2.45) is 0 Å². The van der Waals surface area contributed by atoms with Gasteiger partial charge in [-0.2, -0.15) is 0 Å². The summed E-state index contributed by atoms with van der Waals surface area (Å²) in [5.74, 6) is -0.574. The first-order chi connectivity index (χ1) is 13.6. The summed E-state index contributed by atoms with van der Waals surface area (Å²) < 4.78 is 6.62. The van der Waals surface area contributed by atoms with E-state index in [9.17, 15) is 9.59 Å². The molecule has 0 saturated carbocycles. The largest absolute Gasteiger partial charge is 0.465 e. The van der Waals surface area contributed by atoms with Crippen LogP contribution in [0.15, 0.2) is 54.7 Å². The van der Waals surface area contributed by atoms with Crippen LogP contribution in [0.4, 0.5) is 11.4 Å². The Kier molecular flexibility index (Phi) is 5.99. The van der Waals surface area contributed by atoms with Crippen molar-refractivity contribution in [3.05, 3.63) is 60.3 Å². The molecule has 0 unspecified atom stereocenters. The fourth-order valence-electron chi connectivity index (χ4n) is 3.35. The average Bonchev–Trinajstić information content (AvgIpc) is 3.08. The van der Waals surface area contributed by atoms with Gasteiger partial charge in [-0.1, -0.05) is 18.2 Å². The van der Waals surface area contributed by atoms with Crippen LogP contribution in [0, 0.1) is 0 Å². The zero-order valence-corrected chi connectivity index (χ0v) is 16.4. The number of hydrogen-bond donors (Lipinski definition) is 1. The van der Waals surface area contributed by atoms with Crippen LogP contribution in [0.5, 0.6) is 0 Å². The van der Waals surface area contributed by atoms with Crippen molar-refractivity contribution >= 4 is 34.2 Å². The van der Waals surface area contributed by atoms with Crippen LogP contribution in [-0.2, 0) is 16.1 Å². The van der Waals surface area contributed by atoms with Gasteiger partial charge in [-0.15, -0.1) is 0 Å². The van der Waals surface area contributed by atoms with Crippen LogP contribution in [-0.4, -0.2) is 36.6 Å². The van der Waals surface area contributed by atoms with Crippen LogP contribution in [0.3, 0.4) is 0 Å². The number of aromatic nitrogens is 1. The van der Waals surface area contributed by atoms with Crippen molar-refractivity contribution in [3.63, 3.8) is 0 Å². The number of hydrogen-bond acceptors (Lipinski definition) is 4. The number of fused-ring (bicyclic) bond motifs is 1. The van der Waals surface area contributed by atoms with Crippen LogP contribution in [0.2, 0.25) is 0 Å². The standard InChI is InChI=1S/C22H25N3O3/c1-4-24(5-2)17-12-10-16(11-13-17)23-21(26)15-25-14-19(22(27)28-3)18-8-6-7-9-20(18)25/h6-14H,4-5,15H2,1-3H3,(H,23,26). The first-order valence-corrected chi connectivity index (χ1v) is 9.38. The van der Waals surface area contributed by atoms with E-state index in [4.69, 9.17) is 4.74 Å². The first-order valence-electron chi connectivity index (χ1n) is 9.38. The number of para-hydroxylation sites is 1. The Morgan fingerprint density at radius 3 is 2.36 bits per heavy atom. The van der Waals surface area contributed by atoms with Gasteiger partial charge in [0.15, 0.2) is 0 Å². The third-order valence-corrected chi connectivity index (χ3v) is 4.79. The fraction of sp³-hybridized carbons (Fsp3) is 0.273. The second-order valence-corrected chi connectivity index (χ2v) is 6.45. The quantitative estimate of drug-likeness (QED) is 0.632. The third kappa shape index (κ3) is 4.01. The van der Waals surface area contributed by atoms with Crippen LogP contribution in [0.25, 0.3) is 10.9 Å². The summed E-state index contributed by atoms with van der Waals surface area (Å²) in [4.78, 5) is 26.8. The number of esters is 1. The molecule has 1 N–H and O–H groups in total. The Morgan fingerprint density at radius 2 is 1.71 bits per heavy atom. The number of benzene rings is 2. The molecule has 6 heteroatoms. The lowest BCUT2D eigenvalue weighted by Crippen LogP contribution is -2.22. The highest BCUT2D eigenvalue weighted by Gasteiger charge is 2.16. The van der Waals surface area contributed by atoms with Gasteiger partial charge in [-0.3, -0.25) is 4.79 Å². The van der Waals surface area contributed by atoms with Crippen molar-refractivity contribution in [1.29, 1.82) is 0 Å². The van der Waals surface area contributed by atoms with Gasteiger partial charge >= 0.3 is 5.97 Å². The molecule has 0 radical (unpaired) electrons. The molecule has 0 aliphatic carbocycles. The van der Waals surface area contributed by atoms with Crippen LogP contribution < -0.4 is 10.2 Å². The van der Waals surface area contributed by atoms with Crippen molar-refractivity contribution in [1.82, 2.24) is 4.57 Å². The lowest BCUT2D eigenvalue weighted by Gasteiger charge is -2.21. The Balaban J connectivity index is 1.76. The maximum atomic E-state index is 12.5. The highest BCUT2D eigenvalue weighted by atomic mass is 16.5. The van der Waals surface area contributed by atoms with Gasteiger partial charge in [0.2, 0.25) is 5.91 Å². The van der Waals surface area contributed by atoms with Gasteiger partial charge in [0.25, 0.3) is 0 Å². The Bertz CT molecular complexity index is 972. The summed E-state index contributed by atoms with van der Waals surface area (Å²) in [5, 5.41) is 3.68. The number of amides is 1. The van der Waals surface area contributed by atoms with Crippen molar-refractivity contribution in [3.8, 4) is 0 Å². The van der Waals surface area contributed by atoms with Crippen LogP contribution in [0.1, 0.15) is 24.2 Å². The van der Waals surface area contributed by atoms with E-state index in [1.165, 1.54) is 7.11 Å². The molecule has 3 aromatic rings. The predicted molar refractivity (Wildman–Crippen MR) is 112 cm³/mol. The van der Waals surface area contributed by atoms with E-state index in [2.05, 4.69) is 24.1 Å². The summed E-state index contributed by atoms with van der Waals surface area (Å²) in [6, 6.07) is 15.3. The smallest absolute Gasteiger partial charge is 0.340 e. The molecule has 3 rings (SSSR count). The van der Waals surface area contributed by atoms with E-state index < -0.39 is 5.97 Å². The minimum Gasteiger partial charge on any atom is -0.465 e. The normalized spacial score (nSPS) is 10.7. The number of nitrogens with zero attached hydrogens (tertiary/aromatic N) is 2. The van der Waals surface area contributed by atoms with E-state index >= 15 is 0 Å². The minimum absolute atomic E-state index is 0.106. The van der Waals surface area contributed by atoms with Crippen molar-refractivity contribution in [2.75, 3.05) is 30.4 Å². The molecule has 0 fully saturated rings. The zero-order valence-electron chi connectivity index (χ0n) is 16.4. The maximum absolute atomic E-state index is 12.5. The molecule has 6 nitrogen and oxygen atoms in total. The van der Waals surface area contributed by atoms with Crippen molar-refractivity contribution in [2.45, 2.75) is 20.4 Å².